The number of hydrogen-bond acceptors (Lipinski definition) is 1. The van der Waals surface area contributed by atoms with Gasteiger partial charge in [0, 0.05) is 0 Å². The highest BCUT2D eigenvalue weighted by atomic mass is 14.5. The minimum Gasteiger partial charge on any atom is -0.330 e. The molecular weight excluding hydrogens is 170 g/mol. The normalized spacial score (nSPS) is 12.8. The summed E-state index contributed by atoms with van der Waals surface area (Å²) in [6, 6.07) is 8.66. The van der Waals surface area contributed by atoms with Crippen LogP contribution < -0.4 is 5.73 Å². The Labute approximate surface area is 87.3 Å². The van der Waals surface area contributed by atoms with Gasteiger partial charge < -0.3 is 5.73 Å². The van der Waals surface area contributed by atoms with Gasteiger partial charge in [0.1, 0.15) is 0 Å². The molecule has 1 atom stereocenters. The summed E-state index contributed by atoms with van der Waals surface area (Å²) in [5.41, 5.74) is 8.54. The summed E-state index contributed by atoms with van der Waals surface area (Å²) >= 11 is 0. The van der Waals surface area contributed by atoms with E-state index in [0.717, 1.165) is 13.0 Å². The van der Waals surface area contributed by atoms with Crippen LogP contribution in [0.2, 0.25) is 0 Å². The maximum absolute atomic E-state index is 5.65. The third-order valence-electron chi connectivity index (χ3n) is 2.78. The maximum atomic E-state index is 5.65. The lowest BCUT2D eigenvalue weighted by Gasteiger charge is -2.17. The van der Waals surface area contributed by atoms with Crippen LogP contribution >= 0.6 is 0 Å². The molecule has 0 aliphatic heterocycles. The van der Waals surface area contributed by atoms with Gasteiger partial charge in [-0.2, -0.15) is 0 Å². The van der Waals surface area contributed by atoms with Crippen LogP contribution in [0.1, 0.15) is 43.2 Å². The summed E-state index contributed by atoms with van der Waals surface area (Å²) in [6.07, 6.45) is 3.60. The molecule has 1 unspecified atom stereocenters. The first-order valence-electron chi connectivity index (χ1n) is 5.55. The lowest BCUT2D eigenvalue weighted by atomic mass is 9.88. The minimum atomic E-state index is 0.659. The molecule has 78 valence electrons. The topological polar surface area (TPSA) is 26.0 Å². The van der Waals surface area contributed by atoms with Gasteiger partial charge in [0.2, 0.25) is 0 Å². The predicted molar refractivity (Wildman–Crippen MR) is 62.5 cm³/mol. The van der Waals surface area contributed by atoms with Crippen molar-refractivity contribution < 1.29 is 0 Å². The summed E-state index contributed by atoms with van der Waals surface area (Å²) in [4.78, 5) is 0. The minimum absolute atomic E-state index is 0.659. The summed E-state index contributed by atoms with van der Waals surface area (Å²) in [7, 11) is 0. The Hall–Kier alpha value is -0.820. The zero-order valence-corrected chi connectivity index (χ0v) is 9.29. The highest BCUT2D eigenvalue weighted by Crippen LogP contribution is 2.26. The molecule has 0 bridgehead atoms. The zero-order valence-electron chi connectivity index (χ0n) is 9.29. The summed E-state index contributed by atoms with van der Waals surface area (Å²) in [5.74, 6) is 0.659. The second-order valence-electron chi connectivity index (χ2n) is 3.92. The first-order chi connectivity index (χ1) is 6.79. The number of nitrogens with two attached hydrogens (primary N) is 1. The molecule has 1 heteroatoms. The van der Waals surface area contributed by atoms with Gasteiger partial charge in [0.25, 0.3) is 0 Å². The third kappa shape index (κ3) is 2.85. The fourth-order valence-corrected chi connectivity index (χ4v) is 2.05. The molecule has 1 aromatic rings. The SMILES string of the molecule is CCCC(CCN)c1ccccc1C. The van der Waals surface area contributed by atoms with Crippen molar-refractivity contribution in [1.29, 1.82) is 0 Å². The van der Waals surface area contributed by atoms with Crippen molar-refractivity contribution in [3.8, 4) is 0 Å². The summed E-state index contributed by atoms with van der Waals surface area (Å²) in [6.45, 7) is 5.22. The van der Waals surface area contributed by atoms with Crippen molar-refractivity contribution in [1.82, 2.24) is 0 Å². The molecular formula is C13H21N. The van der Waals surface area contributed by atoms with Gasteiger partial charge in [-0.05, 0) is 43.4 Å². The molecule has 0 heterocycles. The fourth-order valence-electron chi connectivity index (χ4n) is 2.05. The molecule has 14 heavy (non-hydrogen) atoms. The number of aryl methyl sites for hydroxylation is 1. The van der Waals surface area contributed by atoms with Crippen molar-refractivity contribution in [2.75, 3.05) is 6.54 Å². The van der Waals surface area contributed by atoms with E-state index in [1.165, 1.54) is 24.0 Å². The Morgan fingerprint density at radius 2 is 1.93 bits per heavy atom. The molecule has 0 saturated carbocycles. The Balaban J connectivity index is 2.81. The average molecular weight is 191 g/mol. The van der Waals surface area contributed by atoms with Gasteiger partial charge in [-0.15, -0.1) is 0 Å². The molecule has 0 amide bonds. The Morgan fingerprint density at radius 1 is 1.21 bits per heavy atom. The number of hydrogen-bond donors (Lipinski definition) is 1. The first-order valence-corrected chi connectivity index (χ1v) is 5.55. The van der Waals surface area contributed by atoms with Crippen LogP contribution in [-0.2, 0) is 0 Å². The molecule has 1 rings (SSSR count). The van der Waals surface area contributed by atoms with Crippen LogP contribution in [0.15, 0.2) is 24.3 Å². The van der Waals surface area contributed by atoms with E-state index in [1.807, 2.05) is 0 Å². The molecule has 2 N–H and O–H groups in total. The van der Waals surface area contributed by atoms with Crippen LogP contribution in [0.4, 0.5) is 0 Å². The van der Waals surface area contributed by atoms with Gasteiger partial charge in [-0.3, -0.25) is 0 Å². The molecule has 0 aliphatic rings. The van der Waals surface area contributed by atoms with E-state index in [0.29, 0.717) is 5.92 Å². The Morgan fingerprint density at radius 3 is 2.50 bits per heavy atom. The molecule has 1 aromatic carbocycles. The van der Waals surface area contributed by atoms with Crippen LogP contribution in [-0.4, -0.2) is 6.54 Å². The van der Waals surface area contributed by atoms with Gasteiger partial charge >= 0.3 is 0 Å². The predicted octanol–water partition coefficient (Wildman–Crippen LogP) is 3.23. The quantitative estimate of drug-likeness (QED) is 0.759. The number of benzene rings is 1. The van der Waals surface area contributed by atoms with E-state index in [2.05, 4.69) is 38.1 Å². The summed E-state index contributed by atoms with van der Waals surface area (Å²) < 4.78 is 0. The van der Waals surface area contributed by atoms with Crippen molar-refractivity contribution in [3.63, 3.8) is 0 Å². The van der Waals surface area contributed by atoms with Crippen LogP contribution in [0.5, 0.6) is 0 Å². The lowest BCUT2D eigenvalue weighted by molar-refractivity contribution is 0.573. The van der Waals surface area contributed by atoms with Crippen molar-refractivity contribution >= 4 is 0 Å². The van der Waals surface area contributed by atoms with Crippen molar-refractivity contribution in [2.45, 2.75) is 39.0 Å². The Kier molecular flexibility index (Phi) is 4.68. The van der Waals surface area contributed by atoms with E-state index < -0.39 is 0 Å². The standard InChI is InChI=1S/C13H21N/c1-3-6-12(9-10-14)13-8-5-4-7-11(13)2/h4-5,7-8,12H,3,6,9-10,14H2,1-2H3. The van der Waals surface area contributed by atoms with Crippen molar-refractivity contribution in [3.05, 3.63) is 35.4 Å². The average Bonchev–Trinajstić information content (AvgIpc) is 2.18. The smallest absolute Gasteiger partial charge is 0.00714 e. The molecule has 0 fully saturated rings. The van der Waals surface area contributed by atoms with E-state index in [-0.39, 0.29) is 0 Å². The second kappa shape index (κ2) is 5.82. The molecule has 0 radical (unpaired) electrons. The van der Waals surface area contributed by atoms with E-state index in [1.54, 1.807) is 0 Å². The second-order valence-corrected chi connectivity index (χ2v) is 3.92. The van der Waals surface area contributed by atoms with Gasteiger partial charge in [0.15, 0.2) is 0 Å². The van der Waals surface area contributed by atoms with E-state index >= 15 is 0 Å². The van der Waals surface area contributed by atoms with Crippen LogP contribution in [0.3, 0.4) is 0 Å². The summed E-state index contributed by atoms with van der Waals surface area (Å²) in [5, 5.41) is 0. The fraction of sp³-hybridized carbons (Fsp3) is 0.538. The largest absolute Gasteiger partial charge is 0.330 e. The molecule has 0 spiro atoms. The monoisotopic (exact) mass is 191 g/mol. The molecule has 0 aliphatic carbocycles. The number of rotatable bonds is 5. The van der Waals surface area contributed by atoms with Crippen LogP contribution in [0, 0.1) is 6.92 Å². The maximum Gasteiger partial charge on any atom is -0.00714 e. The van der Waals surface area contributed by atoms with Crippen LogP contribution in [0.25, 0.3) is 0 Å². The van der Waals surface area contributed by atoms with E-state index in [9.17, 15) is 0 Å². The highest BCUT2D eigenvalue weighted by Gasteiger charge is 2.11. The first kappa shape index (κ1) is 11.3. The molecule has 1 nitrogen and oxygen atoms in total. The van der Waals surface area contributed by atoms with Gasteiger partial charge in [0.05, 0.1) is 0 Å². The third-order valence-corrected chi connectivity index (χ3v) is 2.78. The van der Waals surface area contributed by atoms with Gasteiger partial charge in [-0.1, -0.05) is 37.6 Å². The lowest BCUT2D eigenvalue weighted by Crippen LogP contribution is -2.08. The zero-order chi connectivity index (χ0) is 10.4. The highest BCUT2D eigenvalue weighted by molar-refractivity contribution is 5.29. The van der Waals surface area contributed by atoms with Gasteiger partial charge in [-0.25, -0.2) is 0 Å². The Bertz CT molecular complexity index is 262. The van der Waals surface area contributed by atoms with Crippen molar-refractivity contribution in [2.24, 2.45) is 5.73 Å². The molecule has 0 saturated heterocycles. The molecule has 0 aromatic heterocycles. The van der Waals surface area contributed by atoms with E-state index in [4.69, 9.17) is 5.73 Å².